The van der Waals surface area contributed by atoms with Gasteiger partial charge in [0.25, 0.3) is 5.91 Å². The monoisotopic (exact) mass is 665 g/mol. The van der Waals surface area contributed by atoms with Gasteiger partial charge in [0.1, 0.15) is 24.0 Å². The molecule has 0 aliphatic carbocycles. The number of benzene rings is 2. The van der Waals surface area contributed by atoms with Gasteiger partial charge in [-0.2, -0.15) is 13.2 Å². The SMILES string of the molecule is COc1cc(S(C)(=O)=O)ccc1NCC#Cc1cc(C(=O)N[C@@H]2[C@@H](C)CN(C3CCOC3)C[C@@H]2F)c2ncn(CC(F)(F)F)c2c1. The topological polar surface area (TPSA) is 115 Å². The third-order valence-electron chi connectivity index (χ3n) is 8.17. The molecule has 2 N–H and O–H groups in total. The van der Waals surface area contributed by atoms with Crippen LogP contribution in [-0.4, -0.2) is 99.4 Å². The number of sulfone groups is 1. The second kappa shape index (κ2) is 13.5. The molecular weight excluding hydrogens is 630 g/mol. The zero-order valence-electron chi connectivity index (χ0n) is 25.5. The normalized spacial score (nSPS) is 22.3. The van der Waals surface area contributed by atoms with Gasteiger partial charge in [-0.3, -0.25) is 9.69 Å². The number of amides is 1. The standard InChI is InChI=1S/C31H35F4N5O5S/c1-19-14-39(21-8-10-45-16-21)15-24(32)28(19)38-30(41)23-11-20(12-26-29(23)37-18-40(26)17-31(33,34)35)5-4-9-36-25-7-6-22(46(3,42)43)13-27(25)44-2/h6-7,11-13,18-19,21,24,28,36H,8-10,14-17H2,1-3H3,(H,38,41)/t19-,21?,24-,28+/m0/s1. The molecule has 248 valence electrons. The minimum atomic E-state index is -4.54. The summed E-state index contributed by atoms with van der Waals surface area (Å²) in [4.78, 5) is 19.8. The van der Waals surface area contributed by atoms with Gasteiger partial charge in [-0.15, -0.1) is 0 Å². The van der Waals surface area contributed by atoms with Crippen LogP contribution in [0.3, 0.4) is 0 Å². The van der Waals surface area contributed by atoms with Crippen LogP contribution < -0.4 is 15.4 Å². The summed E-state index contributed by atoms with van der Waals surface area (Å²) in [6.45, 7) is 2.47. The van der Waals surface area contributed by atoms with Gasteiger partial charge >= 0.3 is 6.18 Å². The Balaban J connectivity index is 1.38. The van der Waals surface area contributed by atoms with Gasteiger partial charge in [0, 0.05) is 43.6 Å². The molecule has 0 spiro atoms. The minimum Gasteiger partial charge on any atom is -0.495 e. The number of anilines is 1. The van der Waals surface area contributed by atoms with Gasteiger partial charge in [-0.05, 0) is 36.6 Å². The molecule has 1 unspecified atom stereocenters. The third kappa shape index (κ3) is 7.73. The van der Waals surface area contributed by atoms with Crippen LogP contribution in [0.1, 0.15) is 29.3 Å². The number of carbonyl (C=O) groups is 1. The Morgan fingerprint density at radius 3 is 2.65 bits per heavy atom. The van der Waals surface area contributed by atoms with Gasteiger partial charge < -0.3 is 24.7 Å². The first-order valence-electron chi connectivity index (χ1n) is 14.7. The molecule has 2 aliphatic rings. The van der Waals surface area contributed by atoms with Crippen molar-refractivity contribution in [3.8, 4) is 17.6 Å². The molecule has 1 aromatic heterocycles. The van der Waals surface area contributed by atoms with Crippen LogP contribution >= 0.6 is 0 Å². The molecule has 2 aromatic carbocycles. The van der Waals surface area contributed by atoms with E-state index in [2.05, 4.69) is 27.5 Å². The maximum absolute atomic E-state index is 15.4. The Bertz CT molecular complexity index is 1750. The maximum Gasteiger partial charge on any atom is 0.406 e. The minimum absolute atomic E-state index is 0.0141. The zero-order valence-corrected chi connectivity index (χ0v) is 26.3. The second-order valence-electron chi connectivity index (χ2n) is 11.6. The number of aromatic nitrogens is 2. The quantitative estimate of drug-likeness (QED) is 0.277. The van der Waals surface area contributed by atoms with Crippen LogP contribution in [0, 0.1) is 17.8 Å². The number of alkyl halides is 4. The molecule has 15 heteroatoms. The lowest BCUT2D eigenvalue weighted by atomic mass is 9.90. The van der Waals surface area contributed by atoms with Gasteiger partial charge in [0.15, 0.2) is 9.84 Å². The lowest BCUT2D eigenvalue weighted by Crippen LogP contribution is -2.59. The number of fused-ring (bicyclic) bond motifs is 1. The van der Waals surface area contributed by atoms with Gasteiger partial charge in [0.2, 0.25) is 0 Å². The fourth-order valence-electron chi connectivity index (χ4n) is 5.88. The number of nitrogens with zero attached hydrogens (tertiary/aromatic N) is 3. The van der Waals surface area contributed by atoms with E-state index in [9.17, 15) is 26.4 Å². The number of piperidine rings is 1. The summed E-state index contributed by atoms with van der Waals surface area (Å²) in [7, 11) is -2.06. The van der Waals surface area contributed by atoms with E-state index in [1.54, 1.807) is 0 Å². The van der Waals surface area contributed by atoms with Crippen molar-refractivity contribution in [1.82, 2.24) is 19.8 Å². The van der Waals surface area contributed by atoms with Crippen LogP contribution in [0.25, 0.3) is 11.0 Å². The van der Waals surface area contributed by atoms with Gasteiger partial charge in [0.05, 0.1) is 54.3 Å². The molecule has 4 atom stereocenters. The van der Waals surface area contributed by atoms with E-state index >= 15 is 4.39 Å². The van der Waals surface area contributed by atoms with Crippen molar-refractivity contribution in [3.05, 3.63) is 47.8 Å². The largest absolute Gasteiger partial charge is 0.495 e. The number of hydrogen-bond acceptors (Lipinski definition) is 8. The first kappa shape index (κ1) is 33.5. The van der Waals surface area contributed by atoms with Crippen molar-refractivity contribution in [2.45, 2.75) is 49.2 Å². The molecule has 2 aliphatic heterocycles. The molecule has 0 radical (unpaired) electrons. The molecule has 3 heterocycles. The molecule has 2 saturated heterocycles. The average Bonchev–Trinajstić information content (AvgIpc) is 3.66. The summed E-state index contributed by atoms with van der Waals surface area (Å²) < 4.78 is 90.8. The predicted molar refractivity (Wildman–Crippen MR) is 163 cm³/mol. The Morgan fingerprint density at radius 2 is 2.00 bits per heavy atom. The fourth-order valence-corrected chi connectivity index (χ4v) is 6.52. The molecule has 1 amide bonds. The number of methoxy groups -OCH3 is 1. The Morgan fingerprint density at radius 1 is 1.22 bits per heavy atom. The first-order chi connectivity index (χ1) is 21.7. The molecule has 0 bridgehead atoms. The number of halogens is 4. The summed E-state index contributed by atoms with van der Waals surface area (Å²) in [5, 5.41) is 5.80. The molecule has 10 nitrogen and oxygen atoms in total. The molecule has 5 rings (SSSR count). The second-order valence-corrected chi connectivity index (χ2v) is 13.6. The van der Waals surface area contributed by atoms with Crippen molar-refractivity contribution in [3.63, 3.8) is 0 Å². The van der Waals surface area contributed by atoms with E-state index in [0.29, 0.717) is 25.4 Å². The smallest absolute Gasteiger partial charge is 0.406 e. The van der Waals surface area contributed by atoms with E-state index in [0.717, 1.165) is 23.6 Å². The van der Waals surface area contributed by atoms with Gasteiger partial charge in [-0.25, -0.2) is 17.8 Å². The molecule has 3 aromatic rings. The van der Waals surface area contributed by atoms with E-state index in [4.69, 9.17) is 9.47 Å². The highest BCUT2D eigenvalue weighted by Gasteiger charge is 2.39. The Labute approximate surface area is 264 Å². The third-order valence-corrected chi connectivity index (χ3v) is 9.28. The van der Waals surface area contributed by atoms with Crippen LogP contribution in [0.4, 0.5) is 23.2 Å². The maximum atomic E-state index is 15.4. The molecule has 46 heavy (non-hydrogen) atoms. The van der Waals surface area contributed by atoms with Crippen LogP contribution in [0.5, 0.6) is 5.75 Å². The number of nitrogens with one attached hydrogen (secondary N) is 2. The fraction of sp³-hybridized carbons (Fsp3) is 0.484. The predicted octanol–water partition coefficient (Wildman–Crippen LogP) is 3.65. The number of hydrogen-bond donors (Lipinski definition) is 2. The van der Waals surface area contributed by atoms with Crippen molar-refractivity contribution >= 4 is 32.5 Å². The van der Waals surface area contributed by atoms with E-state index in [1.165, 1.54) is 37.4 Å². The Hall–Kier alpha value is -3.87. The van der Waals surface area contributed by atoms with Crippen LogP contribution in [0.15, 0.2) is 41.6 Å². The lowest BCUT2D eigenvalue weighted by molar-refractivity contribution is -0.139. The number of carbonyl (C=O) groups excluding carboxylic acids is 1. The number of likely N-dealkylation sites (tertiary alicyclic amines) is 1. The number of ether oxygens (including phenoxy) is 2. The van der Waals surface area contributed by atoms with Crippen LogP contribution in [-0.2, 0) is 21.1 Å². The lowest BCUT2D eigenvalue weighted by Gasteiger charge is -2.41. The molecule has 2 fully saturated rings. The molecular formula is C31H35F4N5O5S. The molecule has 0 saturated carbocycles. The highest BCUT2D eigenvalue weighted by Crippen LogP contribution is 2.29. The van der Waals surface area contributed by atoms with Crippen molar-refractivity contribution in [2.24, 2.45) is 5.92 Å². The zero-order chi connectivity index (χ0) is 33.2. The Kier molecular flexibility index (Phi) is 9.81. The van der Waals surface area contributed by atoms with Crippen molar-refractivity contribution in [1.29, 1.82) is 0 Å². The van der Waals surface area contributed by atoms with Crippen LogP contribution in [0.2, 0.25) is 0 Å². The summed E-state index contributed by atoms with van der Waals surface area (Å²) >= 11 is 0. The number of imidazole rings is 1. The first-order valence-corrected chi connectivity index (χ1v) is 16.6. The van der Waals surface area contributed by atoms with E-state index in [1.807, 2.05) is 11.8 Å². The highest BCUT2D eigenvalue weighted by molar-refractivity contribution is 7.90. The summed E-state index contributed by atoms with van der Waals surface area (Å²) in [6, 6.07) is 6.51. The van der Waals surface area contributed by atoms with Gasteiger partial charge in [-0.1, -0.05) is 18.8 Å². The average molecular weight is 666 g/mol. The van der Waals surface area contributed by atoms with E-state index in [-0.39, 0.29) is 57.9 Å². The van der Waals surface area contributed by atoms with Crippen molar-refractivity contribution in [2.75, 3.05) is 51.5 Å². The summed E-state index contributed by atoms with van der Waals surface area (Å²) in [5.74, 6) is 5.13. The summed E-state index contributed by atoms with van der Waals surface area (Å²) in [5.41, 5.74) is 0.818. The summed E-state index contributed by atoms with van der Waals surface area (Å²) in [6.07, 6.45) is -2.98. The van der Waals surface area contributed by atoms with Crippen molar-refractivity contribution < 1.29 is 40.2 Å². The number of rotatable bonds is 8. The van der Waals surface area contributed by atoms with E-state index < -0.39 is 40.7 Å². The highest BCUT2D eigenvalue weighted by atomic mass is 32.2.